The maximum atomic E-state index is 13.0. The smallest absolute Gasteiger partial charge is 0.296 e. The summed E-state index contributed by atoms with van der Waals surface area (Å²) in [5.74, 6) is 0.528. The van der Waals surface area contributed by atoms with Crippen molar-refractivity contribution in [2.45, 2.75) is 37.3 Å². The number of ether oxygens (including phenoxy) is 3. The molecule has 0 saturated carbocycles. The normalized spacial score (nSPS) is 25.8. The summed E-state index contributed by atoms with van der Waals surface area (Å²) in [6.45, 7) is 2.11. The highest BCUT2D eigenvalue weighted by molar-refractivity contribution is 7.90. The number of hydrogen-bond acceptors (Lipinski definition) is 10. The molecule has 0 spiro atoms. The Labute approximate surface area is 241 Å². The topological polar surface area (TPSA) is 148 Å². The van der Waals surface area contributed by atoms with E-state index < -0.39 is 16.0 Å². The van der Waals surface area contributed by atoms with Crippen LogP contribution in [0.2, 0.25) is 5.02 Å². The molecular formula is C27H28ClN7O5S. The van der Waals surface area contributed by atoms with E-state index in [1.807, 2.05) is 28.6 Å². The first-order chi connectivity index (χ1) is 19.8. The predicted octanol–water partition coefficient (Wildman–Crippen LogP) is 3.38. The zero-order chi connectivity index (χ0) is 28.1. The predicted molar refractivity (Wildman–Crippen MR) is 152 cm³/mol. The molecule has 3 saturated heterocycles. The van der Waals surface area contributed by atoms with Gasteiger partial charge in [-0.1, -0.05) is 35.9 Å². The lowest BCUT2D eigenvalue weighted by atomic mass is 10.1. The van der Waals surface area contributed by atoms with Gasteiger partial charge in [0.25, 0.3) is 6.01 Å². The van der Waals surface area contributed by atoms with Gasteiger partial charge in [-0.15, -0.1) is 0 Å². The van der Waals surface area contributed by atoms with Gasteiger partial charge in [0.1, 0.15) is 33.9 Å². The maximum Gasteiger partial charge on any atom is 0.296 e. The van der Waals surface area contributed by atoms with E-state index >= 15 is 0 Å². The number of aromatic nitrogens is 5. The van der Waals surface area contributed by atoms with Crippen molar-refractivity contribution in [1.29, 1.82) is 0 Å². The minimum Gasteiger partial charge on any atom is -0.456 e. The Morgan fingerprint density at radius 1 is 1.07 bits per heavy atom. The zero-order valence-corrected chi connectivity index (χ0v) is 23.7. The molecule has 0 bridgehead atoms. The summed E-state index contributed by atoms with van der Waals surface area (Å²) in [5, 5.41) is 10.4. The molecule has 3 fully saturated rings. The van der Waals surface area contributed by atoms with Crippen molar-refractivity contribution in [3.63, 3.8) is 0 Å². The fourth-order valence-corrected chi connectivity index (χ4v) is 7.21. The van der Waals surface area contributed by atoms with E-state index in [0.717, 1.165) is 37.1 Å². The quantitative estimate of drug-likeness (QED) is 0.341. The van der Waals surface area contributed by atoms with Crippen LogP contribution in [-0.2, 0) is 19.4 Å². The Balaban J connectivity index is 1.08. The average Bonchev–Trinajstić information content (AvgIpc) is 3.76. The molecule has 3 aliphatic heterocycles. The van der Waals surface area contributed by atoms with Crippen molar-refractivity contribution >= 4 is 38.4 Å². The molecule has 0 aliphatic carbocycles. The summed E-state index contributed by atoms with van der Waals surface area (Å²) >= 11 is 6.60. The van der Waals surface area contributed by atoms with Crippen LogP contribution in [0.25, 0.3) is 33.8 Å². The molecule has 41 heavy (non-hydrogen) atoms. The molecule has 4 aromatic rings. The van der Waals surface area contributed by atoms with Crippen LogP contribution in [0.5, 0.6) is 6.01 Å². The van der Waals surface area contributed by atoms with Gasteiger partial charge in [0, 0.05) is 30.5 Å². The number of pyridine rings is 1. The second kappa shape index (κ2) is 10.6. The largest absolute Gasteiger partial charge is 0.456 e. The molecule has 3 aromatic heterocycles. The highest BCUT2D eigenvalue weighted by atomic mass is 35.5. The van der Waals surface area contributed by atoms with Gasteiger partial charge in [-0.05, 0) is 18.9 Å². The molecule has 14 heteroatoms. The number of aliphatic hydroxyl groups excluding tert-OH is 1. The first-order valence-electron chi connectivity index (χ1n) is 13.4. The Morgan fingerprint density at radius 3 is 2.54 bits per heavy atom. The summed E-state index contributed by atoms with van der Waals surface area (Å²) < 4.78 is 36.5. The Hall–Kier alpha value is -3.20. The number of H-pyrrole nitrogens is 1. The van der Waals surface area contributed by atoms with Gasteiger partial charge in [0.15, 0.2) is 17.6 Å². The van der Waals surface area contributed by atoms with Gasteiger partial charge in [-0.2, -0.15) is 9.35 Å². The van der Waals surface area contributed by atoms with Crippen LogP contribution >= 0.6 is 11.6 Å². The summed E-state index contributed by atoms with van der Waals surface area (Å²) in [4.78, 5) is 21.1. The third kappa shape index (κ3) is 5.17. The van der Waals surface area contributed by atoms with Gasteiger partial charge in [-0.3, -0.25) is 0 Å². The number of rotatable bonds is 6. The van der Waals surface area contributed by atoms with E-state index in [2.05, 4.69) is 29.3 Å². The lowest BCUT2D eigenvalue weighted by molar-refractivity contribution is 0.00706. The number of imidazole rings is 1. The second-order valence-corrected chi connectivity index (χ2v) is 13.0. The van der Waals surface area contributed by atoms with E-state index in [9.17, 15) is 9.32 Å². The van der Waals surface area contributed by atoms with E-state index in [0.29, 0.717) is 40.0 Å². The molecule has 6 heterocycles. The van der Waals surface area contributed by atoms with Crippen LogP contribution in [0.3, 0.4) is 0 Å². The lowest BCUT2D eigenvalue weighted by Gasteiger charge is -2.16. The standard InChI is InChI=1S/C27H28ClN7O5S/c1-41(37,35-8-2-3-9-35)34-17-11-29-25(30-12-17)16-6-4-15(5-7-16)22-18(28)10-19-26(32-22)33-27(31-19)40-21-14-39-23-20(36)13-38-24(21)23/h4-7,10-12,20-21,23-24,36H,2-3,8-9,13-14H2,1H3,(H,31,32,33)/t20-,21?,23-,24-,41?/m1/s1. The minimum atomic E-state index is -2.48. The number of nitrogens with zero attached hydrogens (tertiary/aromatic N) is 6. The fraction of sp³-hybridized carbons (Fsp3) is 0.407. The van der Waals surface area contributed by atoms with Crippen molar-refractivity contribution in [3.8, 4) is 28.7 Å². The van der Waals surface area contributed by atoms with E-state index in [-0.39, 0.29) is 30.9 Å². The minimum absolute atomic E-state index is 0.225. The molecule has 12 nitrogen and oxygen atoms in total. The zero-order valence-electron chi connectivity index (χ0n) is 22.1. The average molecular weight is 598 g/mol. The number of hydrogen-bond donors (Lipinski definition) is 2. The fourth-order valence-electron chi connectivity index (χ4n) is 5.42. The first-order valence-corrected chi connectivity index (χ1v) is 15.6. The number of benzene rings is 1. The number of nitrogens with one attached hydrogen (secondary N) is 1. The van der Waals surface area contributed by atoms with Crippen LogP contribution < -0.4 is 4.74 Å². The summed E-state index contributed by atoms with van der Waals surface area (Å²) in [7, 11) is -2.48. The van der Waals surface area contributed by atoms with Gasteiger partial charge in [-0.25, -0.2) is 23.5 Å². The second-order valence-electron chi connectivity index (χ2n) is 10.4. The summed E-state index contributed by atoms with van der Waals surface area (Å²) in [5.41, 5.74) is 3.76. The van der Waals surface area contributed by atoms with Crippen LogP contribution in [-0.4, -0.2) is 95.5 Å². The van der Waals surface area contributed by atoms with E-state index in [1.54, 1.807) is 24.7 Å². The Morgan fingerprint density at radius 2 is 1.78 bits per heavy atom. The van der Waals surface area contributed by atoms with Crippen LogP contribution in [0.15, 0.2) is 47.1 Å². The highest BCUT2D eigenvalue weighted by Crippen LogP contribution is 2.33. The van der Waals surface area contributed by atoms with Gasteiger partial charge in [0.2, 0.25) is 0 Å². The van der Waals surface area contributed by atoms with Gasteiger partial charge >= 0.3 is 0 Å². The molecule has 7 rings (SSSR count). The van der Waals surface area contributed by atoms with Crippen LogP contribution in [0.1, 0.15) is 12.8 Å². The van der Waals surface area contributed by atoms with Gasteiger partial charge < -0.3 is 24.3 Å². The van der Waals surface area contributed by atoms with Crippen LogP contribution in [0, 0.1) is 0 Å². The molecule has 0 amide bonds. The van der Waals surface area contributed by atoms with E-state index in [4.69, 9.17) is 25.8 Å². The Bertz CT molecular complexity index is 1700. The van der Waals surface area contributed by atoms with Crippen molar-refractivity contribution < 1.29 is 23.5 Å². The van der Waals surface area contributed by atoms with Gasteiger partial charge in [0.05, 0.1) is 41.8 Å². The molecule has 1 aromatic carbocycles. The summed E-state index contributed by atoms with van der Waals surface area (Å²) in [6.07, 6.45) is 5.15. The third-order valence-electron chi connectivity index (χ3n) is 7.52. The van der Waals surface area contributed by atoms with Crippen molar-refractivity contribution in [2.75, 3.05) is 32.6 Å². The molecule has 2 N–H and O–H groups in total. The number of fused-ring (bicyclic) bond motifs is 2. The molecular weight excluding hydrogens is 570 g/mol. The highest BCUT2D eigenvalue weighted by Gasteiger charge is 2.48. The first kappa shape index (κ1) is 26.7. The van der Waals surface area contributed by atoms with Crippen LogP contribution in [0.4, 0.5) is 5.69 Å². The third-order valence-corrected chi connectivity index (χ3v) is 9.68. The van der Waals surface area contributed by atoms with Crippen molar-refractivity contribution in [1.82, 2.24) is 29.2 Å². The molecule has 5 atom stereocenters. The molecule has 3 aliphatic rings. The number of aromatic amines is 1. The molecule has 214 valence electrons. The monoisotopic (exact) mass is 597 g/mol. The Kier molecular flexibility index (Phi) is 6.88. The van der Waals surface area contributed by atoms with Crippen molar-refractivity contribution in [2.24, 2.45) is 4.36 Å². The SMILES string of the molecule is CS(=O)(=Nc1cnc(-c2ccc(-c3nc4nc(OC5CO[C@@H]6[C@H](O)CO[C@H]56)[nH]c4cc3Cl)cc2)nc1)N1CCCC1. The lowest BCUT2D eigenvalue weighted by Crippen LogP contribution is -2.34. The number of aliphatic hydroxyl groups is 1. The van der Waals surface area contributed by atoms with Crippen molar-refractivity contribution in [3.05, 3.63) is 47.7 Å². The molecule has 0 radical (unpaired) electrons. The van der Waals surface area contributed by atoms with E-state index in [1.165, 1.54) is 0 Å². The molecule has 2 unspecified atom stereocenters. The number of halogens is 1. The maximum absolute atomic E-state index is 13.0. The summed E-state index contributed by atoms with van der Waals surface area (Å²) in [6, 6.07) is 9.61.